The second kappa shape index (κ2) is 9.31. The van der Waals surface area contributed by atoms with Gasteiger partial charge >= 0.3 is 0 Å². The number of rotatable bonds is 1. The summed E-state index contributed by atoms with van der Waals surface area (Å²) in [6.45, 7) is 0.323. The van der Waals surface area contributed by atoms with Gasteiger partial charge in [0.15, 0.2) is 0 Å². The topological polar surface area (TPSA) is 89.0 Å². The standard InChI is InChI=1S/C28H21N5O2S/c1-35-28-26-14-20(15-32-28)17-5-6-25-24(13-17)23(8-10-30-25)18-7-9-29-21(11-18)16-31-27(34)19-3-2-4-22(12-19)36-33-26/h2-15,33H,16H2,1H3,(H,31,34). The number of pyridine rings is 3. The predicted molar refractivity (Wildman–Crippen MR) is 142 cm³/mol. The molecule has 0 unspecified atom stereocenters. The first kappa shape index (κ1) is 22.1. The molecule has 0 spiro atoms. The minimum atomic E-state index is -0.161. The summed E-state index contributed by atoms with van der Waals surface area (Å²) < 4.78 is 8.83. The Kier molecular flexibility index (Phi) is 5.71. The van der Waals surface area contributed by atoms with Crippen LogP contribution in [0, 0.1) is 0 Å². The van der Waals surface area contributed by atoms with Gasteiger partial charge in [0.25, 0.3) is 5.91 Å². The van der Waals surface area contributed by atoms with Crippen molar-refractivity contribution in [3.05, 3.63) is 96.6 Å². The second-order valence-electron chi connectivity index (χ2n) is 8.32. The molecule has 4 heterocycles. The summed E-state index contributed by atoms with van der Waals surface area (Å²) in [6.07, 6.45) is 5.39. The monoisotopic (exact) mass is 491 g/mol. The van der Waals surface area contributed by atoms with Gasteiger partial charge < -0.3 is 14.8 Å². The minimum absolute atomic E-state index is 0.161. The number of hydrogen-bond donors (Lipinski definition) is 2. The Morgan fingerprint density at radius 3 is 2.69 bits per heavy atom. The lowest BCUT2D eigenvalue weighted by atomic mass is 9.98. The van der Waals surface area contributed by atoms with Crippen LogP contribution in [0.3, 0.4) is 0 Å². The lowest BCUT2D eigenvalue weighted by Gasteiger charge is -2.14. The number of methoxy groups -OCH3 is 1. The summed E-state index contributed by atoms with van der Waals surface area (Å²) in [7, 11) is 1.60. The van der Waals surface area contributed by atoms with Gasteiger partial charge in [-0.2, -0.15) is 0 Å². The van der Waals surface area contributed by atoms with E-state index in [4.69, 9.17) is 4.74 Å². The van der Waals surface area contributed by atoms with Crippen molar-refractivity contribution < 1.29 is 9.53 Å². The maximum absolute atomic E-state index is 12.9. The number of carbonyl (C=O) groups excluding carboxylic acids is 1. The first-order valence-electron chi connectivity index (χ1n) is 11.4. The number of nitrogens with one attached hydrogen (secondary N) is 2. The normalized spacial score (nSPS) is 12.9. The molecule has 1 aliphatic heterocycles. The Bertz CT molecular complexity index is 1620. The zero-order chi connectivity index (χ0) is 24.5. The first-order valence-corrected chi connectivity index (χ1v) is 12.2. The molecule has 0 aliphatic carbocycles. The van der Waals surface area contributed by atoms with Crippen molar-refractivity contribution in [3.8, 4) is 28.1 Å². The molecule has 2 N–H and O–H groups in total. The number of hydrogen-bond acceptors (Lipinski definition) is 7. The van der Waals surface area contributed by atoms with Gasteiger partial charge in [-0.25, -0.2) is 4.98 Å². The molecule has 0 atom stereocenters. The van der Waals surface area contributed by atoms with Crippen molar-refractivity contribution in [2.75, 3.05) is 11.8 Å². The van der Waals surface area contributed by atoms with Crippen LogP contribution < -0.4 is 14.8 Å². The molecule has 36 heavy (non-hydrogen) atoms. The van der Waals surface area contributed by atoms with E-state index >= 15 is 0 Å². The quantitative estimate of drug-likeness (QED) is 0.290. The Labute approximate surface area is 212 Å². The molecule has 7 nitrogen and oxygen atoms in total. The predicted octanol–water partition coefficient (Wildman–Crippen LogP) is 5.73. The van der Waals surface area contributed by atoms with Gasteiger partial charge in [-0.05, 0) is 83.2 Å². The van der Waals surface area contributed by atoms with Crippen molar-refractivity contribution in [1.82, 2.24) is 20.3 Å². The Morgan fingerprint density at radius 1 is 0.861 bits per heavy atom. The number of carbonyl (C=O) groups is 1. The lowest BCUT2D eigenvalue weighted by Crippen LogP contribution is -2.23. The summed E-state index contributed by atoms with van der Waals surface area (Å²) in [5.74, 6) is 0.327. The number of fused-ring (bicyclic) bond motifs is 9. The van der Waals surface area contributed by atoms with Crippen LogP contribution in [0.4, 0.5) is 5.69 Å². The van der Waals surface area contributed by atoms with Crippen LogP contribution in [0.5, 0.6) is 5.88 Å². The van der Waals surface area contributed by atoms with E-state index in [2.05, 4.69) is 37.1 Å². The summed E-state index contributed by atoms with van der Waals surface area (Å²) in [4.78, 5) is 27.3. The van der Waals surface area contributed by atoms with Crippen LogP contribution >= 0.6 is 11.9 Å². The Balaban J connectivity index is 1.54. The van der Waals surface area contributed by atoms with Crippen LogP contribution in [0.1, 0.15) is 16.1 Å². The zero-order valence-electron chi connectivity index (χ0n) is 19.4. The van der Waals surface area contributed by atoms with Gasteiger partial charge in [0.1, 0.15) is 5.69 Å². The van der Waals surface area contributed by atoms with Crippen molar-refractivity contribution in [2.24, 2.45) is 0 Å². The maximum atomic E-state index is 12.9. The number of aromatic nitrogens is 3. The third kappa shape index (κ3) is 4.23. The molecule has 5 aromatic rings. The maximum Gasteiger partial charge on any atom is 0.251 e. The van der Waals surface area contributed by atoms with Crippen LogP contribution in [-0.2, 0) is 6.54 Å². The van der Waals surface area contributed by atoms with Crippen LogP contribution in [0.15, 0.2) is 90.2 Å². The number of amides is 1. The van der Waals surface area contributed by atoms with Crippen molar-refractivity contribution in [3.63, 3.8) is 0 Å². The smallest absolute Gasteiger partial charge is 0.251 e. The molecule has 0 saturated heterocycles. The van der Waals surface area contributed by atoms with Gasteiger partial charge in [-0.1, -0.05) is 12.1 Å². The molecule has 1 aliphatic rings. The second-order valence-corrected chi connectivity index (χ2v) is 9.20. The molecule has 8 heteroatoms. The fourth-order valence-corrected chi connectivity index (χ4v) is 4.96. The SMILES string of the molecule is COc1ncc2cc1NSc1cccc(c1)C(=O)NCc1cc(ccn1)-c1ccnc3ccc-2cc13. The van der Waals surface area contributed by atoms with E-state index in [1.807, 2.05) is 54.7 Å². The number of nitrogens with zero attached hydrogens (tertiary/aromatic N) is 3. The van der Waals surface area contributed by atoms with Crippen molar-refractivity contribution in [2.45, 2.75) is 11.4 Å². The summed E-state index contributed by atoms with van der Waals surface area (Å²) in [6, 6.07) is 21.7. The van der Waals surface area contributed by atoms with E-state index < -0.39 is 0 Å². The Hall–Kier alpha value is -4.43. The third-order valence-electron chi connectivity index (χ3n) is 6.05. The van der Waals surface area contributed by atoms with E-state index in [0.717, 1.165) is 49.4 Å². The summed E-state index contributed by atoms with van der Waals surface area (Å²) in [5, 5.41) is 4.00. The molecule has 0 saturated carbocycles. The number of benzene rings is 2. The molecule has 1 amide bonds. The summed E-state index contributed by atoms with van der Waals surface area (Å²) >= 11 is 1.39. The average Bonchev–Trinajstić information content (AvgIpc) is 2.94. The molecule has 0 fully saturated rings. The van der Waals surface area contributed by atoms with Crippen molar-refractivity contribution >= 4 is 34.4 Å². The van der Waals surface area contributed by atoms with Gasteiger partial charge in [0.05, 0.1) is 24.9 Å². The highest BCUT2D eigenvalue weighted by Gasteiger charge is 2.13. The van der Waals surface area contributed by atoms with Crippen LogP contribution in [0.2, 0.25) is 0 Å². The molecule has 6 rings (SSSR count). The van der Waals surface area contributed by atoms with Gasteiger partial charge in [-0.3, -0.25) is 14.8 Å². The number of ether oxygens (including phenoxy) is 1. The number of anilines is 1. The molecule has 2 aromatic carbocycles. The Morgan fingerprint density at radius 2 is 1.78 bits per heavy atom. The molecular formula is C28H21N5O2S. The van der Waals surface area contributed by atoms with Gasteiger partial charge in [0.2, 0.25) is 5.88 Å². The average molecular weight is 492 g/mol. The van der Waals surface area contributed by atoms with Crippen LogP contribution in [0.25, 0.3) is 33.2 Å². The van der Waals surface area contributed by atoms with E-state index in [0.29, 0.717) is 18.0 Å². The lowest BCUT2D eigenvalue weighted by molar-refractivity contribution is 0.0950. The molecular weight excluding hydrogens is 470 g/mol. The van der Waals surface area contributed by atoms with Crippen molar-refractivity contribution in [1.29, 1.82) is 0 Å². The van der Waals surface area contributed by atoms with Gasteiger partial charge in [0, 0.05) is 40.0 Å². The van der Waals surface area contributed by atoms with E-state index in [1.165, 1.54) is 11.9 Å². The molecule has 0 radical (unpaired) electrons. The van der Waals surface area contributed by atoms with Crippen LogP contribution in [-0.4, -0.2) is 28.0 Å². The highest BCUT2D eigenvalue weighted by Crippen LogP contribution is 2.35. The fraction of sp³-hybridized carbons (Fsp3) is 0.0714. The third-order valence-corrected chi connectivity index (χ3v) is 6.86. The molecule has 3 aromatic heterocycles. The zero-order valence-corrected chi connectivity index (χ0v) is 20.2. The highest BCUT2D eigenvalue weighted by molar-refractivity contribution is 8.00. The summed E-state index contributed by atoms with van der Waals surface area (Å²) in [5.41, 5.74) is 7.00. The van der Waals surface area contributed by atoms with Gasteiger partial charge in [-0.15, -0.1) is 0 Å². The molecule has 176 valence electrons. The van der Waals surface area contributed by atoms with E-state index in [-0.39, 0.29) is 5.91 Å². The van der Waals surface area contributed by atoms with E-state index in [1.54, 1.807) is 25.6 Å². The largest absolute Gasteiger partial charge is 0.480 e. The van der Waals surface area contributed by atoms with E-state index in [9.17, 15) is 4.79 Å². The molecule has 8 bridgehead atoms. The minimum Gasteiger partial charge on any atom is -0.480 e. The fourth-order valence-electron chi connectivity index (χ4n) is 4.25. The first-order chi connectivity index (χ1) is 17.7. The highest BCUT2D eigenvalue weighted by atomic mass is 32.2.